The second kappa shape index (κ2) is 7.73. The van der Waals surface area contributed by atoms with Crippen molar-refractivity contribution < 1.29 is 18.9 Å². The molecule has 2 aliphatic rings. The fraction of sp³-hybridized carbons (Fsp3) is 0.280. The summed E-state index contributed by atoms with van der Waals surface area (Å²) in [6.07, 6.45) is -0.401. The van der Waals surface area contributed by atoms with Gasteiger partial charge in [0.1, 0.15) is 23.9 Å². The first-order valence-electron chi connectivity index (χ1n) is 9.97. The molecule has 4 heteroatoms. The second-order valence-electron chi connectivity index (χ2n) is 7.43. The zero-order valence-corrected chi connectivity index (χ0v) is 16.3. The van der Waals surface area contributed by atoms with Crippen molar-refractivity contribution in [2.75, 3.05) is 13.7 Å². The summed E-state index contributed by atoms with van der Waals surface area (Å²) in [7, 11) is 1.65. The van der Waals surface area contributed by atoms with Gasteiger partial charge in [0.2, 0.25) is 0 Å². The normalized spacial score (nSPS) is 25.6. The third-order valence-corrected chi connectivity index (χ3v) is 5.74. The molecule has 5 rings (SSSR count). The van der Waals surface area contributed by atoms with E-state index in [2.05, 4.69) is 36.4 Å². The Morgan fingerprint density at radius 1 is 0.690 bits per heavy atom. The van der Waals surface area contributed by atoms with Crippen LogP contribution < -0.4 is 0 Å². The van der Waals surface area contributed by atoms with Crippen molar-refractivity contribution in [2.45, 2.75) is 30.2 Å². The molecule has 4 atom stereocenters. The molecule has 0 radical (unpaired) electrons. The van der Waals surface area contributed by atoms with Gasteiger partial charge in [0.25, 0.3) is 0 Å². The van der Waals surface area contributed by atoms with Gasteiger partial charge in [-0.25, -0.2) is 0 Å². The monoisotopic (exact) mass is 388 g/mol. The second-order valence-corrected chi connectivity index (χ2v) is 7.43. The fourth-order valence-corrected chi connectivity index (χ4v) is 4.28. The summed E-state index contributed by atoms with van der Waals surface area (Å²) in [5.41, 5.74) is 2.48. The predicted molar refractivity (Wildman–Crippen MR) is 109 cm³/mol. The van der Waals surface area contributed by atoms with Crippen LogP contribution in [0.3, 0.4) is 0 Å². The number of hydrogen-bond donors (Lipinski definition) is 0. The van der Waals surface area contributed by atoms with Crippen LogP contribution in [0.15, 0.2) is 91.0 Å². The van der Waals surface area contributed by atoms with Crippen LogP contribution in [0.5, 0.6) is 0 Å². The van der Waals surface area contributed by atoms with Gasteiger partial charge in [-0.05, 0) is 16.7 Å². The lowest BCUT2D eigenvalue weighted by atomic mass is 9.80. The van der Waals surface area contributed by atoms with Crippen LogP contribution in [0.1, 0.15) is 16.7 Å². The molecule has 29 heavy (non-hydrogen) atoms. The average Bonchev–Trinajstić information content (AvgIpc) is 3.52. The lowest BCUT2D eigenvalue weighted by Crippen LogP contribution is -2.37. The average molecular weight is 388 g/mol. The number of hydrogen-bond acceptors (Lipinski definition) is 4. The molecule has 2 heterocycles. The Morgan fingerprint density at radius 2 is 1.17 bits per heavy atom. The van der Waals surface area contributed by atoms with Crippen molar-refractivity contribution in [2.24, 2.45) is 0 Å². The molecule has 3 aromatic carbocycles. The van der Waals surface area contributed by atoms with Crippen molar-refractivity contribution >= 4 is 0 Å². The molecule has 0 N–H and O–H groups in total. The number of benzene rings is 3. The number of fused-ring (bicyclic) bond motifs is 1. The van der Waals surface area contributed by atoms with Crippen LogP contribution in [-0.2, 0) is 24.5 Å². The first-order chi connectivity index (χ1) is 14.3. The molecule has 2 fully saturated rings. The van der Waals surface area contributed by atoms with E-state index in [0.717, 1.165) is 16.7 Å². The van der Waals surface area contributed by atoms with E-state index < -0.39 is 5.60 Å². The number of epoxide rings is 1. The minimum atomic E-state index is -0.747. The van der Waals surface area contributed by atoms with Gasteiger partial charge in [-0.1, -0.05) is 91.0 Å². The SMILES string of the molecule is CO[C@H]1O[C@H](COC(c2ccccc2)(c2ccccc2)c2ccccc2)[C@H]2O[C@@H]12. The third-order valence-electron chi connectivity index (χ3n) is 5.74. The minimum absolute atomic E-state index is 0.0215. The number of ether oxygens (including phenoxy) is 4. The first kappa shape index (κ1) is 18.5. The maximum absolute atomic E-state index is 6.80. The maximum atomic E-state index is 6.80. The molecular formula is C25H24O4. The van der Waals surface area contributed by atoms with Crippen molar-refractivity contribution in [1.82, 2.24) is 0 Å². The fourth-order valence-electron chi connectivity index (χ4n) is 4.28. The third kappa shape index (κ3) is 3.28. The zero-order valence-electron chi connectivity index (χ0n) is 16.3. The Kier molecular flexibility index (Phi) is 4.94. The minimum Gasteiger partial charge on any atom is -0.361 e. The smallest absolute Gasteiger partial charge is 0.186 e. The van der Waals surface area contributed by atoms with Crippen molar-refractivity contribution in [3.05, 3.63) is 108 Å². The van der Waals surface area contributed by atoms with Crippen molar-refractivity contribution in [3.63, 3.8) is 0 Å². The Balaban J connectivity index is 1.57. The highest BCUT2D eigenvalue weighted by atomic mass is 16.8. The van der Waals surface area contributed by atoms with E-state index in [-0.39, 0.29) is 24.6 Å². The van der Waals surface area contributed by atoms with E-state index in [9.17, 15) is 0 Å². The van der Waals surface area contributed by atoms with E-state index in [0.29, 0.717) is 6.61 Å². The Hall–Kier alpha value is -2.50. The first-order valence-corrected chi connectivity index (χ1v) is 9.97. The van der Waals surface area contributed by atoms with Gasteiger partial charge in [-0.3, -0.25) is 0 Å². The Bertz CT molecular complexity index is 832. The molecule has 0 bridgehead atoms. The summed E-state index contributed by atoms with van der Waals surface area (Å²) in [5, 5.41) is 0. The van der Waals surface area contributed by atoms with Gasteiger partial charge in [-0.15, -0.1) is 0 Å². The van der Waals surface area contributed by atoms with Crippen LogP contribution in [0.25, 0.3) is 0 Å². The number of methoxy groups -OCH3 is 1. The zero-order chi connectivity index (χ0) is 19.7. The summed E-state index contributed by atoms with van der Waals surface area (Å²) in [6, 6.07) is 31.0. The summed E-state index contributed by atoms with van der Waals surface area (Å²) < 4.78 is 23.9. The van der Waals surface area contributed by atoms with Gasteiger partial charge < -0.3 is 18.9 Å². The molecule has 0 unspecified atom stereocenters. The molecule has 148 valence electrons. The summed E-state index contributed by atoms with van der Waals surface area (Å²) in [5.74, 6) is 0. The van der Waals surface area contributed by atoms with Crippen LogP contribution >= 0.6 is 0 Å². The maximum Gasteiger partial charge on any atom is 0.186 e. The standard InChI is InChI=1S/C25H24O4/c1-26-24-23-22(29-23)21(28-24)17-27-25(18-11-5-2-6-12-18,19-13-7-3-8-14-19)20-15-9-4-10-16-20/h2-16,21-24H,17H2,1H3/t21-,22-,23-,24+/m1/s1. The van der Waals surface area contributed by atoms with Crippen LogP contribution in [0, 0.1) is 0 Å². The highest BCUT2D eigenvalue weighted by molar-refractivity contribution is 5.47. The molecule has 0 aliphatic carbocycles. The summed E-state index contributed by atoms with van der Waals surface area (Å²) >= 11 is 0. The van der Waals surface area contributed by atoms with Crippen molar-refractivity contribution in [3.8, 4) is 0 Å². The molecule has 0 amide bonds. The van der Waals surface area contributed by atoms with Crippen LogP contribution in [0.2, 0.25) is 0 Å². The van der Waals surface area contributed by atoms with Gasteiger partial charge in [0, 0.05) is 7.11 Å². The van der Waals surface area contributed by atoms with Gasteiger partial charge >= 0.3 is 0 Å². The predicted octanol–water partition coefficient (Wildman–Crippen LogP) is 4.13. The van der Waals surface area contributed by atoms with E-state index in [4.69, 9.17) is 18.9 Å². The van der Waals surface area contributed by atoms with E-state index in [1.165, 1.54) is 0 Å². The molecular weight excluding hydrogens is 364 g/mol. The molecule has 2 aliphatic heterocycles. The highest BCUT2D eigenvalue weighted by Gasteiger charge is 2.59. The van der Waals surface area contributed by atoms with E-state index in [1.807, 2.05) is 54.6 Å². The molecule has 0 saturated carbocycles. The van der Waals surface area contributed by atoms with Crippen molar-refractivity contribution in [1.29, 1.82) is 0 Å². The topological polar surface area (TPSA) is 40.2 Å². The summed E-state index contributed by atoms with van der Waals surface area (Å²) in [4.78, 5) is 0. The van der Waals surface area contributed by atoms with Crippen LogP contribution in [-0.4, -0.2) is 38.3 Å². The quantitative estimate of drug-likeness (QED) is 0.451. The molecule has 0 aromatic heterocycles. The lowest BCUT2D eigenvalue weighted by molar-refractivity contribution is -0.178. The van der Waals surface area contributed by atoms with E-state index >= 15 is 0 Å². The van der Waals surface area contributed by atoms with Gasteiger partial charge in [0.15, 0.2) is 6.29 Å². The van der Waals surface area contributed by atoms with Gasteiger partial charge in [-0.2, -0.15) is 0 Å². The lowest BCUT2D eigenvalue weighted by Gasteiger charge is -2.36. The highest BCUT2D eigenvalue weighted by Crippen LogP contribution is 2.44. The molecule has 2 saturated heterocycles. The molecule has 0 spiro atoms. The Labute approximate surface area is 171 Å². The largest absolute Gasteiger partial charge is 0.361 e. The molecule has 3 aromatic rings. The van der Waals surface area contributed by atoms with E-state index in [1.54, 1.807) is 7.11 Å². The summed E-state index contributed by atoms with van der Waals surface area (Å²) in [6.45, 7) is 0.402. The molecule has 4 nitrogen and oxygen atoms in total. The number of rotatable bonds is 7. The van der Waals surface area contributed by atoms with Crippen LogP contribution in [0.4, 0.5) is 0 Å². The Morgan fingerprint density at radius 3 is 1.59 bits per heavy atom. The van der Waals surface area contributed by atoms with Gasteiger partial charge in [0.05, 0.1) is 6.61 Å².